The van der Waals surface area contributed by atoms with Crippen molar-refractivity contribution in [1.29, 1.82) is 0 Å². The van der Waals surface area contributed by atoms with Crippen LogP contribution < -0.4 is 0 Å². The first-order valence-electron chi connectivity index (χ1n) is 6.45. The summed E-state index contributed by atoms with van der Waals surface area (Å²) in [5.74, 6) is -0.811. The molecule has 1 atom stereocenters. The molecule has 0 fully saturated rings. The number of hydrogen-bond donors (Lipinski definition) is 0. The van der Waals surface area contributed by atoms with E-state index in [2.05, 4.69) is 6.58 Å². The summed E-state index contributed by atoms with van der Waals surface area (Å²) >= 11 is 0. The van der Waals surface area contributed by atoms with Gasteiger partial charge in [-0.2, -0.15) is 0 Å². The second-order valence-corrected chi connectivity index (χ2v) is 5.36. The van der Waals surface area contributed by atoms with E-state index in [4.69, 9.17) is 14.0 Å². The van der Waals surface area contributed by atoms with E-state index in [1.54, 1.807) is 6.92 Å². The molecule has 0 heterocycles. The molecular formula is C13H22O6P+. The number of carbonyl (C=O) groups excluding carboxylic acids is 2. The summed E-state index contributed by atoms with van der Waals surface area (Å²) in [6, 6.07) is 0. The fraction of sp³-hybridized carbons (Fsp3) is 0.692. The lowest BCUT2D eigenvalue weighted by Gasteiger charge is -2.06. The van der Waals surface area contributed by atoms with Crippen LogP contribution in [0.5, 0.6) is 0 Å². The average Bonchev–Trinajstić information content (AvgIpc) is 2.37. The molecule has 20 heavy (non-hydrogen) atoms. The summed E-state index contributed by atoms with van der Waals surface area (Å²) in [5, 5.41) is 0. The maximum atomic E-state index is 11.3. The van der Waals surface area contributed by atoms with Crippen molar-refractivity contribution in [3.63, 3.8) is 0 Å². The Bertz CT molecular complexity index is 353. The first-order chi connectivity index (χ1) is 9.43. The SMILES string of the molecule is C=C(C)C(=O)OCCOC(=O)CCCCCO[P+](C)=O. The summed E-state index contributed by atoms with van der Waals surface area (Å²) in [6.07, 6.45) is 2.57. The molecule has 0 aliphatic carbocycles. The van der Waals surface area contributed by atoms with Crippen LogP contribution in [-0.4, -0.2) is 38.4 Å². The lowest BCUT2D eigenvalue weighted by Crippen LogP contribution is -2.14. The van der Waals surface area contributed by atoms with Gasteiger partial charge in [-0.3, -0.25) is 4.79 Å². The average molecular weight is 305 g/mol. The molecule has 0 amide bonds. The van der Waals surface area contributed by atoms with E-state index in [9.17, 15) is 14.2 Å². The highest BCUT2D eigenvalue weighted by Crippen LogP contribution is 2.15. The lowest BCUT2D eigenvalue weighted by molar-refractivity contribution is -0.150. The molecule has 0 aromatic carbocycles. The number of rotatable bonds is 11. The molecule has 0 aromatic heterocycles. The third-order valence-corrected chi connectivity index (χ3v) is 2.77. The Morgan fingerprint density at radius 1 is 1.05 bits per heavy atom. The van der Waals surface area contributed by atoms with Crippen molar-refractivity contribution in [3.05, 3.63) is 12.2 Å². The smallest absolute Gasteiger partial charge is 0.462 e. The summed E-state index contributed by atoms with van der Waals surface area (Å²) < 4.78 is 25.2. The maximum Gasteiger partial charge on any atom is 0.504 e. The van der Waals surface area contributed by atoms with Crippen LogP contribution >= 0.6 is 8.03 Å². The van der Waals surface area contributed by atoms with Crippen LogP contribution in [0.4, 0.5) is 0 Å². The van der Waals surface area contributed by atoms with Crippen molar-refractivity contribution in [2.75, 3.05) is 26.5 Å². The summed E-state index contributed by atoms with van der Waals surface area (Å²) in [6.45, 7) is 7.02. The number of esters is 2. The highest BCUT2D eigenvalue weighted by molar-refractivity contribution is 7.38. The molecule has 1 unspecified atom stereocenters. The topological polar surface area (TPSA) is 78.9 Å². The van der Waals surface area contributed by atoms with Crippen molar-refractivity contribution in [2.45, 2.75) is 32.6 Å². The number of carbonyl (C=O) groups is 2. The Morgan fingerprint density at radius 2 is 1.70 bits per heavy atom. The van der Waals surface area contributed by atoms with Crippen LogP contribution in [0.1, 0.15) is 32.6 Å². The monoisotopic (exact) mass is 305 g/mol. The normalized spacial score (nSPS) is 10.8. The Balaban J connectivity index is 3.39. The molecule has 114 valence electrons. The fourth-order valence-corrected chi connectivity index (χ4v) is 1.61. The van der Waals surface area contributed by atoms with Gasteiger partial charge in [-0.25, -0.2) is 4.79 Å². The van der Waals surface area contributed by atoms with Gasteiger partial charge in [0.25, 0.3) is 0 Å². The molecule has 0 spiro atoms. The third-order valence-electron chi connectivity index (χ3n) is 2.23. The molecule has 7 heteroatoms. The lowest BCUT2D eigenvalue weighted by atomic mass is 10.2. The van der Waals surface area contributed by atoms with E-state index in [1.165, 1.54) is 6.66 Å². The quantitative estimate of drug-likeness (QED) is 0.253. The van der Waals surface area contributed by atoms with Gasteiger partial charge in [0.2, 0.25) is 0 Å². The molecule has 6 nitrogen and oxygen atoms in total. The van der Waals surface area contributed by atoms with Crippen LogP contribution in [-0.2, 0) is 28.2 Å². The van der Waals surface area contributed by atoms with E-state index in [0.717, 1.165) is 12.8 Å². The van der Waals surface area contributed by atoms with Gasteiger partial charge in [0.05, 0.1) is 0 Å². The van der Waals surface area contributed by atoms with Gasteiger partial charge >= 0.3 is 20.0 Å². The third kappa shape index (κ3) is 11.8. The molecule has 0 aliphatic rings. The molecule has 0 bridgehead atoms. The van der Waals surface area contributed by atoms with Crippen LogP contribution in [0.15, 0.2) is 12.2 Å². The van der Waals surface area contributed by atoms with Gasteiger partial charge in [0.15, 0.2) is 6.66 Å². The van der Waals surface area contributed by atoms with Crippen molar-refractivity contribution in [3.8, 4) is 0 Å². The van der Waals surface area contributed by atoms with Crippen molar-refractivity contribution in [2.24, 2.45) is 0 Å². The minimum atomic E-state index is -1.54. The molecule has 0 radical (unpaired) electrons. The minimum Gasteiger partial charge on any atom is -0.462 e. The van der Waals surface area contributed by atoms with Gasteiger partial charge in [-0.05, 0) is 24.3 Å². The van der Waals surface area contributed by atoms with E-state index >= 15 is 0 Å². The molecule has 0 N–H and O–H groups in total. The predicted octanol–water partition coefficient (Wildman–Crippen LogP) is 2.60. The zero-order chi connectivity index (χ0) is 15.4. The maximum absolute atomic E-state index is 11.3. The van der Waals surface area contributed by atoms with Crippen LogP contribution in [0.2, 0.25) is 0 Å². The summed E-state index contributed by atoms with van der Waals surface area (Å²) in [5.41, 5.74) is 0.312. The molecule has 0 rings (SSSR count). The molecular weight excluding hydrogens is 283 g/mol. The van der Waals surface area contributed by atoms with E-state index in [0.29, 0.717) is 25.0 Å². The Morgan fingerprint density at radius 3 is 2.30 bits per heavy atom. The largest absolute Gasteiger partial charge is 0.504 e. The van der Waals surface area contributed by atoms with Crippen molar-refractivity contribution in [1.82, 2.24) is 0 Å². The van der Waals surface area contributed by atoms with E-state index in [-0.39, 0.29) is 19.2 Å². The van der Waals surface area contributed by atoms with Crippen LogP contribution in [0.25, 0.3) is 0 Å². The Kier molecular flexibility index (Phi) is 10.8. The fourth-order valence-electron chi connectivity index (χ4n) is 1.23. The van der Waals surface area contributed by atoms with Gasteiger partial charge in [0, 0.05) is 12.0 Å². The number of ether oxygens (including phenoxy) is 2. The summed E-state index contributed by atoms with van der Waals surface area (Å²) in [4.78, 5) is 22.3. The highest BCUT2D eigenvalue weighted by Gasteiger charge is 2.07. The second-order valence-electron chi connectivity index (χ2n) is 4.22. The van der Waals surface area contributed by atoms with Gasteiger partial charge in [-0.15, -0.1) is 4.52 Å². The summed E-state index contributed by atoms with van der Waals surface area (Å²) in [7, 11) is -1.54. The van der Waals surface area contributed by atoms with Gasteiger partial charge in [0.1, 0.15) is 19.8 Å². The number of hydrogen-bond acceptors (Lipinski definition) is 6. The standard InChI is InChI=1S/C13H22O6P/c1-11(2)13(15)18-10-9-17-12(14)7-5-4-6-8-19-20(3)16/h1,4-10H2,2-3H3/q+1. The molecule has 0 aromatic rings. The van der Waals surface area contributed by atoms with Crippen molar-refractivity contribution < 1.29 is 28.2 Å². The first-order valence-corrected chi connectivity index (χ1v) is 8.08. The first kappa shape index (κ1) is 18.7. The van der Waals surface area contributed by atoms with E-state index in [1.807, 2.05) is 0 Å². The van der Waals surface area contributed by atoms with Crippen LogP contribution in [0.3, 0.4) is 0 Å². The minimum absolute atomic E-state index is 0.0365. The van der Waals surface area contributed by atoms with Gasteiger partial charge < -0.3 is 9.47 Å². The molecule has 0 saturated heterocycles. The second kappa shape index (κ2) is 11.6. The van der Waals surface area contributed by atoms with Crippen molar-refractivity contribution >= 4 is 20.0 Å². The Hall–Kier alpha value is -1.26. The van der Waals surface area contributed by atoms with E-state index < -0.39 is 14.0 Å². The molecule has 0 saturated carbocycles. The highest BCUT2D eigenvalue weighted by atomic mass is 31.1. The molecule has 0 aliphatic heterocycles. The zero-order valence-corrected chi connectivity index (χ0v) is 12.9. The van der Waals surface area contributed by atoms with Crippen LogP contribution in [0, 0.1) is 0 Å². The Labute approximate surface area is 120 Å². The predicted molar refractivity (Wildman–Crippen MR) is 74.7 cm³/mol. The zero-order valence-electron chi connectivity index (χ0n) is 12.1. The number of unbranched alkanes of at least 4 members (excludes halogenated alkanes) is 2. The van der Waals surface area contributed by atoms with Gasteiger partial charge in [-0.1, -0.05) is 13.0 Å².